The fraction of sp³-hybridized carbons (Fsp3) is 0.357. The maximum absolute atomic E-state index is 13.2. The number of alkyl halides is 1. The van der Waals surface area contributed by atoms with E-state index < -0.39 is 0 Å². The number of carbonyl (C=O) groups excluding carboxylic acids is 1. The van der Waals surface area contributed by atoms with Crippen LogP contribution in [0.2, 0.25) is 0 Å². The molecule has 0 fully saturated rings. The first-order valence-electron chi connectivity index (χ1n) is 6.20. The Balaban J connectivity index is 2.29. The number of hydrogen-bond acceptors (Lipinski definition) is 2. The van der Waals surface area contributed by atoms with Crippen molar-refractivity contribution in [3.05, 3.63) is 35.0 Å². The minimum Gasteiger partial charge on any atom is -0.337 e. The van der Waals surface area contributed by atoms with Crippen LogP contribution in [0.4, 0.5) is 4.39 Å². The maximum atomic E-state index is 13.2. The summed E-state index contributed by atoms with van der Waals surface area (Å²) < 4.78 is 14.0. The number of nitrogens with zero attached hydrogens (tertiary/aromatic N) is 1. The van der Waals surface area contributed by atoms with Gasteiger partial charge in [0.15, 0.2) is 0 Å². The van der Waals surface area contributed by atoms with Crippen molar-refractivity contribution in [3.63, 3.8) is 0 Å². The molecule has 0 aliphatic rings. The highest BCUT2D eigenvalue weighted by Crippen LogP contribution is 2.27. The van der Waals surface area contributed by atoms with Gasteiger partial charge in [0.1, 0.15) is 5.82 Å². The zero-order valence-corrected chi connectivity index (χ0v) is 13.1. The second kappa shape index (κ2) is 6.48. The summed E-state index contributed by atoms with van der Waals surface area (Å²) in [4.78, 5) is 14.9. The third-order valence-corrected chi connectivity index (χ3v) is 4.27. The predicted molar refractivity (Wildman–Crippen MR) is 81.8 cm³/mol. The van der Waals surface area contributed by atoms with Gasteiger partial charge in [-0.15, -0.1) is 11.3 Å². The molecular formula is C14H15BrFNOS. The minimum absolute atomic E-state index is 0.0305. The predicted octanol–water partition coefficient (Wildman–Crippen LogP) is 4.29. The fourth-order valence-corrected chi connectivity index (χ4v) is 3.44. The van der Waals surface area contributed by atoms with Gasteiger partial charge in [-0.1, -0.05) is 28.9 Å². The quantitative estimate of drug-likeness (QED) is 0.741. The van der Waals surface area contributed by atoms with Gasteiger partial charge in [0.2, 0.25) is 0 Å². The summed E-state index contributed by atoms with van der Waals surface area (Å²) >= 11 is 4.72. The van der Waals surface area contributed by atoms with Crippen molar-refractivity contribution in [2.45, 2.75) is 13.3 Å². The van der Waals surface area contributed by atoms with Gasteiger partial charge in [-0.3, -0.25) is 4.79 Å². The van der Waals surface area contributed by atoms with Gasteiger partial charge < -0.3 is 4.90 Å². The SMILES string of the molecule is CCCN(CCBr)C(=O)c1cc2ccc(F)cc2s1. The molecule has 0 atom stereocenters. The average Bonchev–Trinajstić information content (AvgIpc) is 2.80. The van der Waals surface area contributed by atoms with Crippen LogP contribution in [0.15, 0.2) is 24.3 Å². The van der Waals surface area contributed by atoms with Crippen molar-refractivity contribution in [1.82, 2.24) is 4.90 Å². The summed E-state index contributed by atoms with van der Waals surface area (Å²) in [5.74, 6) is -0.234. The molecule has 2 nitrogen and oxygen atoms in total. The van der Waals surface area contributed by atoms with Crippen LogP contribution in [0.3, 0.4) is 0 Å². The van der Waals surface area contributed by atoms with Gasteiger partial charge >= 0.3 is 0 Å². The highest BCUT2D eigenvalue weighted by Gasteiger charge is 2.17. The van der Waals surface area contributed by atoms with Gasteiger partial charge in [-0.2, -0.15) is 0 Å². The van der Waals surface area contributed by atoms with Crippen molar-refractivity contribution >= 4 is 43.3 Å². The van der Waals surface area contributed by atoms with Crippen LogP contribution in [0.5, 0.6) is 0 Å². The number of halogens is 2. The molecule has 2 rings (SSSR count). The first-order chi connectivity index (χ1) is 9.15. The molecule has 1 heterocycles. The van der Waals surface area contributed by atoms with E-state index in [1.165, 1.54) is 23.5 Å². The third kappa shape index (κ3) is 3.34. The molecular weight excluding hydrogens is 329 g/mol. The Morgan fingerprint density at radius 3 is 2.84 bits per heavy atom. The van der Waals surface area contributed by atoms with Gasteiger partial charge in [0.25, 0.3) is 5.91 Å². The summed E-state index contributed by atoms with van der Waals surface area (Å²) in [5, 5.41) is 1.68. The summed E-state index contributed by atoms with van der Waals surface area (Å²) in [6.45, 7) is 3.48. The van der Waals surface area contributed by atoms with Crippen molar-refractivity contribution in [3.8, 4) is 0 Å². The molecule has 0 unspecified atom stereocenters. The number of rotatable bonds is 5. The number of carbonyl (C=O) groups is 1. The monoisotopic (exact) mass is 343 g/mol. The molecule has 0 aliphatic heterocycles. The second-order valence-corrected chi connectivity index (χ2v) is 6.15. The molecule has 0 saturated carbocycles. The van der Waals surface area contributed by atoms with Crippen LogP contribution in [-0.4, -0.2) is 29.2 Å². The highest BCUT2D eigenvalue weighted by atomic mass is 79.9. The third-order valence-electron chi connectivity index (χ3n) is 2.83. The smallest absolute Gasteiger partial charge is 0.263 e. The number of benzene rings is 1. The standard InChI is InChI=1S/C14H15BrFNOS/c1-2-6-17(7-5-15)14(18)13-8-10-3-4-11(16)9-12(10)19-13/h3-4,8-9H,2,5-7H2,1H3. The van der Waals surface area contributed by atoms with Crippen LogP contribution < -0.4 is 0 Å². The van der Waals surface area contributed by atoms with E-state index in [2.05, 4.69) is 22.9 Å². The maximum Gasteiger partial charge on any atom is 0.263 e. The molecule has 1 aromatic carbocycles. The average molecular weight is 344 g/mol. The fourth-order valence-electron chi connectivity index (χ4n) is 1.95. The van der Waals surface area contributed by atoms with Crippen LogP contribution in [0.1, 0.15) is 23.0 Å². The number of hydrogen-bond donors (Lipinski definition) is 0. The van der Waals surface area contributed by atoms with E-state index in [0.717, 1.165) is 28.4 Å². The lowest BCUT2D eigenvalue weighted by Gasteiger charge is -2.20. The number of fused-ring (bicyclic) bond motifs is 1. The molecule has 0 radical (unpaired) electrons. The molecule has 1 aromatic heterocycles. The van der Waals surface area contributed by atoms with E-state index in [4.69, 9.17) is 0 Å². The minimum atomic E-state index is -0.265. The first-order valence-corrected chi connectivity index (χ1v) is 8.14. The molecule has 0 bridgehead atoms. The Kier molecular flexibility index (Phi) is 4.93. The second-order valence-electron chi connectivity index (χ2n) is 4.27. The Bertz CT molecular complexity index is 578. The Hall–Kier alpha value is -0.940. The lowest BCUT2D eigenvalue weighted by atomic mass is 10.2. The molecule has 0 spiro atoms. The van der Waals surface area contributed by atoms with Crippen LogP contribution in [-0.2, 0) is 0 Å². The topological polar surface area (TPSA) is 20.3 Å². The summed E-state index contributed by atoms with van der Waals surface area (Å²) in [5.41, 5.74) is 0. The first kappa shape index (κ1) is 14.5. The molecule has 0 N–H and O–H groups in total. The lowest BCUT2D eigenvalue weighted by molar-refractivity contribution is 0.0771. The van der Waals surface area contributed by atoms with Crippen molar-refractivity contribution < 1.29 is 9.18 Å². The van der Waals surface area contributed by atoms with Gasteiger partial charge in [0, 0.05) is 23.1 Å². The molecule has 0 aliphatic carbocycles. The molecule has 5 heteroatoms. The van der Waals surface area contributed by atoms with E-state index in [-0.39, 0.29) is 11.7 Å². The summed E-state index contributed by atoms with van der Waals surface area (Å²) in [7, 11) is 0. The summed E-state index contributed by atoms with van der Waals surface area (Å²) in [6, 6.07) is 6.46. The zero-order valence-electron chi connectivity index (χ0n) is 10.7. The highest BCUT2D eigenvalue weighted by molar-refractivity contribution is 9.09. The Morgan fingerprint density at radius 1 is 1.37 bits per heavy atom. The zero-order chi connectivity index (χ0) is 13.8. The molecule has 0 saturated heterocycles. The summed E-state index contributed by atoms with van der Waals surface area (Å²) in [6.07, 6.45) is 0.929. The lowest BCUT2D eigenvalue weighted by Crippen LogP contribution is -2.32. The van der Waals surface area contributed by atoms with E-state index in [9.17, 15) is 9.18 Å². The normalized spacial score (nSPS) is 10.9. The van der Waals surface area contributed by atoms with Crippen LogP contribution >= 0.6 is 27.3 Å². The van der Waals surface area contributed by atoms with Crippen LogP contribution in [0, 0.1) is 5.82 Å². The number of amides is 1. The van der Waals surface area contributed by atoms with E-state index in [1.807, 2.05) is 11.0 Å². The van der Waals surface area contributed by atoms with Gasteiger partial charge in [0.05, 0.1) is 4.88 Å². The van der Waals surface area contributed by atoms with Crippen molar-refractivity contribution in [1.29, 1.82) is 0 Å². The van der Waals surface area contributed by atoms with E-state index >= 15 is 0 Å². The Morgan fingerprint density at radius 2 is 2.16 bits per heavy atom. The van der Waals surface area contributed by atoms with E-state index in [1.54, 1.807) is 6.07 Å². The van der Waals surface area contributed by atoms with Crippen molar-refractivity contribution in [2.75, 3.05) is 18.4 Å². The molecule has 19 heavy (non-hydrogen) atoms. The number of thiophene rings is 1. The van der Waals surface area contributed by atoms with E-state index in [0.29, 0.717) is 11.4 Å². The van der Waals surface area contributed by atoms with Crippen molar-refractivity contribution in [2.24, 2.45) is 0 Å². The molecule has 2 aromatic rings. The largest absolute Gasteiger partial charge is 0.337 e. The molecule has 1 amide bonds. The van der Waals surface area contributed by atoms with Gasteiger partial charge in [-0.05, 0) is 30.0 Å². The molecule has 102 valence electrons. The van der Waals surface area contributed by atoms with Crippen LogP contribution in [0.25, 0.3) is 10.1 Å². The van der Waals surface area contributed by atoms with Gasteiger partial charge in [-0.25, -0.2) is 4.39 Å². The Labute approximate surface area is 124 Å².